The van der Waals surface area contributed by atoms with Gasteiger partial charge in [-0.15, -0.1) is 0 Å². The Labute approximate surface area is 142 Å². The van der Waals surface area contributed by atoms with E-state index in [0.29, 0.717) is 18.8 Å². The van der Waals surface area contributed by atoms with Gasteiger partial charge >= 0.3 is 6.03 Å². The van der Waals surface area contributed by atoms with Crippen molar-refractivity contribution in [2.45, 2.75) is 50.8 Å². The number of ether oxygens (including phenoxy) is 1. The molecule has 5 nitrogen and oxygen atoms in total. The minimum atomic E-state index is -0.233. The second kappa shape index (κ2) is 7.83. The van der Waals surface area contributed by atoms with Gasteiger partial charge < -0.3 is 20.3 Å². The summed E-state index contributed by atoms with van der Waals surface area (Å²) in [5.74, 6) is -0.233. The molecule has 2 heterocycles. The zero-order chi connectivity index (χ0) is 16.9. The summed E-state index contributed by atoms with van der Waals surface area (Å²) in [5, 5.41) is 6.29. The van der Waals surface area contributed by atoms with E-state index in [-0.39, 0.29) is 30.0 Å². The predicted molar refractivity (Wildman–Crippen MR) is 91.6 cm³/mol. The van der Waals surface area contributed by atoms with Crippen LogP contribution in [0.4, 0.5) is 14.9 Å². The van der Waals surface area contributed by atoms with Crippen LogP contribution >= 0.6 is 0 Å². The monoisotopic (exact) mass is 335 g/mol. The smallest absolute Gasteiger partial charge is 0.317 e. The minimum absolute atomic E-state index is 0.0256. The number of piperidine rings is 1. The van der Waals surface area contributed by atoms with Crippen molar-refractivity contribution in [3.8, 4) is 0 Å². The van der Waals surface area contributed by atoms with Crippen molar-refractivity contribution in [1.82, 2.24) is 10.2 Å². The standard InChI is InChI=1S/C18H26FN3O2/c1-13(17-7-4-12-24-17)20-18(23)22-10-8-14(9-11-22)21-16-6-3-2-5-15(16)19/h2-3,5-6,13-14,17,21H,4,7-12H2,1H3,(H,20,23)/t13-,17+/m0/s1. The van der Waals surface area contributed by atoms with Crippen molar-refractivity contribution in [3.63, 3.8) is 0 Å². The highest BCUT2D eigenvalue weighted by atomic mass is 19.1. The molecule has 24 heavy (non-hydrogen) atoms. The highest BCUT2D eigenvalue weighted by Crippen LogP contribution is 2.20. The Hall–Kier alpha value is -1.82. The third kappa shape index (κ3) is 4.17. The number of halogens is 1. The Bertz CT molecular complexity index is 555. The molecule has 2 amide bonds. The average Bonchev–Trinajstić information content (AvgIpc) is 3.12. The van der Waals surface area contributed by atoms with Crippen LogP contribution in [0.25, 0.3) is 0 Å². The molecule has 2 aliphatic heterocycles. The molecule has 0 spiro atoms. The lowest BCUT2D eigenvalue weighted by molar-refractivity contribution is 0.0825. The van der Waals surface area contributed by atoms with Crippen LogP contribution in [0.2, 0.25) is 0 Å². The second-order valence-electron chi connectivity index (χ2n) is 6.68. The molecular weight excluding hydrogens is 309 g/mol. The Morgan fingerprint density at radius 1 is 1.29 bits per heavy atom. The maximum atomic E-state index is 13.7. The Morgan fingerprint density at radius 3 is 2.71 bits per heavy atom. The molecule has 2 atom stereocenters. The van der Waals surface area contributed by atoms with Crippen molar-refractivity contribution < 1.29 is 13.9 Å². The molecule has 6 heteroatoms. The number of hydrogen-bond acceptors (Lipinski definition) is 3. The fourth-order valence-electron chi connectivity index (χ4n) is 3.40. The molecule has 0 aromatic heterocycles. The summed E-state index contributed by atoms with van der Waals surface area (Å²) in [6.07, 6.45) is 3.84. The van der Waals surface area contributed by atoms with Gasteiger partial charge in [0.1, 0.15) is 5.82 Å². The Morgan fingerprint density at radius 2 is 2.04 bits per heavy atom. The van der Waals surface area contributed by atoms with E-state index in [1.165, 1.54) is 6.07 Å². The molecule has 2 fully saturated rings. The summed E-state index contributed by atoms with van der Waals surface area (Å²) >= 11 is 0. The number of urea groups is 1. The van der Waals surface area contributed by atoms with Gasteiger partial charge in [-0.2, -0.15) is 0 Å². The van der Waals surface area contributed by atoms with Crippen molar-refractivity contribution in [2.24, 2.45) is 0 Å². The van der Waals surface area contributed by atoms with Crippen molar-refractivity contribution in [3.05, 3.63) is 30.1 Å². The summed E-state index contributed by atoms with van der Waals surface area (Å²) in [5.41, 5.74) is 0.535. The molecule has 1 aromatic carbocycles. The third-order valence-corrected chi connectivity index (χ3v) is 4.89. The lowest BCUT2D eigenvalue weighted by Crippen LogP contribution is -2.51. The number of likely N-dealkylation sites (tertiary alicyclic amines) is 1. The van der Waals surface area contributed by atoms with Crippen molar-refractivity contribution >= 4 is 11.7 Å². The van der Waals surface area contributed by atoms with Crippen LogP contribution in [0.3, 0.4) is 0 Å². The summed E-state index contributed by atoms with van der Waals surface area (Å²) in [7, 11) is 0. The molecule has 132 valence electrons. The molecule has 0 aliphatic carbocycles. The lowest BCUT2D eigenvalue weighted by atomic mass is 10.0. The number of benzene rings is 1. The topological polar surface area (TPSA) is 53.6 Å². The number of para-hydroxylation sites is 1. The van der Waals surface area contributed by atoms with Crippen molar-refractivity contribution in [1.29, 1.82) is 0 Å². The van der Waals surface area contributed by atoms with Crippen LogP contribution < -0.4 is 10.6 Å². The zero-order valence-corrected chi connectivity index (χ0v) is 14.1. The van der Waals surface area contributed by atoms with Crippen LogP contribution in [-0.4, -0.2) is 48.8 Å². The number of nitrogens with zero attached hydrogens (tertiary/aromatic N) is 1. The van der Waals surface area contributed by atoms with Gasteiger partial charge in [0.05, 0.1) is 17.8 Å². The maximum Gasteiger partial charge on any atom is 0.317 e. The first-order chi connectivity index (χ1) is 11.6. The van der Waals surface area contributed by atoms with E-state index in [0.717, 1.165) is 32.3 Å². The van der Waals surface area contributed by atoms with Gasteiger partial charge in [0.25, 0.3) is 0 Å². The van der Waals surface area contributed by atoms with Crippen molar-refractivity contribution in [2.75, 3.05) is 25.0 Å². The molecule has 0 bridgehead atoms. The average molecular weight is 335 g/mol. The first-order valence-corrected chi connectivity index (χ1v) is 8.81. The number of nitrogens with one attached hydrogen (secondary N) is 2. The van der Waals surface area contributed by atoms with Gasteiger partial charge in [-0.05, 0) is 44.7 Å². The summed E-state index contributed by atoms with van der Waals surface area (Å²) in [6.45, 7) is 4.14. The molecule has 3 rings (SSSR count). The van der Waals surface area contributed by atoms with Gasteiger partial charge in [-0.25, -0.2) is 9.18 Å². The van der Waals surface area contributed by atoms with E-state index in [2.05, 4.69) is 10.6 Å². The van der Waals surface area contributed by atoms with E-state index in [9.17, 15) is 9.18 Å². The maximum absolute atomic E-state index is 13.7. The molecule has 1 aromatic rings. The van der Waals surface area contributed by atoms with Gasteiger partial charge in [0.2, 0.25) is 0 Å². The number of hydrogen-bond donors (Lipinski definition) is 2. The number of anilines is 1. The lowest BCUT2D eigenvalue weighted by Gasteiger charge is -2.34. The van der Waals surface area contributed by atoms with Crippen LogP contribution in [-0.2, 0) is 4.74 Å². The number of carbonyl (C=O) groups is 1. The molecule has 0 unspecified atom stereocenters. The molecule has 2 aliphatic rings. The first kappa shape index (κ1) is 17.0. The molecule has 0 radical (unpaired) electrons. The quantitative estimate of drug-likeness (QED) is 0.889. The fourth-order valence-corrected chi connectivity index (χ4v) is 3.40. The molecule has 2 N–H and O–H groups in total. The number of amides is 2. The molecular formula is C18H26FN3O2. The normalized spacial score (nSPS) is 23.1. The Balaban J connectivity index is 1.44. The zero-order valence-electron chi connectivity index (χ0n) is 14.1. The van der Waals surface area contributed by atoms with Gasteiger partial charge in [0, 0.05) is 25.7 Å². The van der Waals surface area contributed by atoms with Gasteiger partial charge in [-0.1, -0.05) is 12.1 Å². The highest BCUT2D eigenvalue weighted by Gasteiger charge is 2.27. The fraction of sp³-hybridized carbons (Fsp3) is 0.611. The number of rotatable bonds is 4. The van der Waals surface area contributed by atoms with E-state index in [4.69, 9.17) is 4.74 Å². The summed E-state index contributed by atoms with van der Waals surface area (Å²) < 4.78 is 19.3. The van der Waals surface area contributed by atoms with E-state index >= 15 is 0 Å². The Kier molecular flexibility index (Phi) is 5.56. The first-order valence-electron chi connectivity index (χ1n) is 8.81. The summed E-state index contributed by atoms with van der Waals surface area (Å²) in [4.78, 5) is 14.2. The van der Waals surface area contributed by atoms with Crippen LogP contribution in [0, 0.1) is 5.82 Å². The highest BCUT2D eigenvalue weighted by molar-refractivity contribution is 5.74. The van der Waals surface area contributed by atoms with Gasteiger partial charge in [-0.3, -0.25) is 0 Å². The third-order valence-electron chi connectivity index (χ3n) is 4.89. The van der Waals surface area contributed by atoms with Crippen LogP contribution in [0.15, 0.2) is 24.3 Å². The predicted octanol–water partition coefficient (Wildman–Crippen LogP) is 2.98. The molecule has 2 saturated heterocycles. The van der Waals surface area contributed by atoms with Gasteiger partial charge in [0.15, 0.2) is 0 Å². The number of carbonyl (C=O) groups excluding carboxylic acids is 1. The van der Waals surface area contributed by atoms with E-state index in [1.54, 1.807) is 12.1 Å². The van der Waals surface area contributed by atoms with Crippen LogP contribution in [0.1, 0.15) is 32.6 Å². The SMILES string of the molecule is C[C@H](NC(=O)N1CCC(Nc2ccccc2F)CC1)[C@H]1CCCO1. The molecule has 0 saturated carbocycles. The minimum Gasteiger partial charge on any atom is -0.380 e. The van der Waals surface area contributed by atoms with E-state index < -0.39 is 0 Å². The summed E-state index contributed by atoms with van der Waals surface area (Å²) in [6, 6.07) is 6.91. The van der Waals surface area contributed by atoms with E-state index in [1.807, 2.05) is 17.9 Å². The van der Waals surface area contributed by atoms with Crippen LogP contribution in [0.5, 0.6) is 0 Å². The second-order valence-corrected chi connectivity index (χ2v) is 6.68. The largest absolute Gasteiger partial charge is 0.380 e.